The molecule has 0 aromatic heterocycles. The average Bonchev–Trinajstić information content (AvgIpc) is 3.28. The molecule has 1 N–H and O–H groups in total. The van der Waals surface area contributed by atoms with E-state index in [-0.39, 0.29) is 12.8 Å². The van der Waals surface area contributed by atoms with Crippen molar-refractivity contribution < 1.29 is 38.5 Å². The molecule has 0 aliphatic heterocycles. The summed E-state index contributed by atoms with van der Waals surface area (Å²) in [5, 5.41) is 12.2. The molecule has 46 heavy (non-hydrogen) atoms. The fourth-order valence-corrected chi connectivity index (χ4v) is 6.53. The Morgan fingerprint density at radius 3 is 2.22 bits per heavy atom. The minimum Gasteiger partial charge on any atom is -0.458 e. The number of aliphatic hydroxyl groups is 1. The molecule has 1 fully saturated rings. The van der Waals surface area contributed by atoms with Gasteiger partial charge in [-0.15, -0.1) is 0 Å². The normalized spacial score (nSPS) is 29.7. The second kappa shape index (κ2) is 14.4. The summed E-state index contributed by atoms with van der Waals surface area (Å²) < 4.78 is 17.8. The standard InChI is InChI=1S/C38H44O8/c1-24-17-19-30(45-31(40)20-18-28-13-9-7-10-14-28)37(5,6)22-21-25(2)35(41)38(43)23-26(3)34(32(38)33(24)44-27(4)39)46-36(42)29-15-11-8-12-16-29/h7-16,18,20-22,25-26,30,32-34,43H,1,17,19,23H2,2-6H3. The van der Waals surface area contributed by atoms with Gasteiger partial charge in [-0.1, -0.05) is 95.0 Å². The molecule has 0 amide bonds. The van der Waals surface area contributed by atoms with Crippen molar-refractivity contribution in [2.24, 2.45) is 23.2 Å². The molecule has 7 unspecified atom stereocenters. The van der Waals surface area contributed by atoms with Gasteiger partial charge in [-0.05, 0) is 54.5 Å². The average molecular weight is 629 g/mol. The summed E-state index contributed by atoms with van der Waals surface area (Å²) in [5.41, 5.74) is -1.11. The zero-order valence-electron chi connectivity index (χ0n) is 27.2. The molecule has 1 saturated carbocycles. The number of ketones is 1. The van der Waals surface area contributed by atoms with E-state index in [1.165, 1.54) is 13.0 Å². The molecule has 0 heterocycles. The Bertz CT molecular complexity index is 1490. The monoisotopic (exact) mass is 628 g/mol. The fraction of sp³-hybridized carbons (Fsp3) is 0.421. The number of allylic oxidation sites excluding steroid dienone is 1. The van der Waals surface area contributed by atoms with Crippen molar-refractivity contribution in [2.75, 3.05) is 0 Å². The largest absolute Gasteiger partial charge is 0.458 e. The number of ether oxygens (including phenoxy) is 3. The molecule has 0 spiro atoms. The number of esters is 3. The van der Waals surface area contributed by atoms with Crippen molar-refractivity contribution in [1.82, 2.24) is 0 Å². The van der Waals surface area contributed by atoms with Crippen LogP contribution in [0.2, 0.25) is 0 Å². The minimum absolute atomic E-state index is 0.00381. The summed E-state index contributed by atoms with van der Waals surface area (Å²) in [4.78, 5) is 52.8. The maximum absolute atomic E-state index is 14.1. The summed E-state index contributed by atoms with van der Waals surface area (Å²) in [6, 6.07) is 17.8. The first-order chi connectivity index (χ1) is 21.7. The number of Topliss-reactive ketones (excluding diaryl/α,β-unsaturated/α-hetero) is 1. The van der Waals surface area contributed by atoms with Crippen molar-refractivity contribution in [3.8, 4) is 0 Å². The molecule has 7 atom stereocenters. The van der Waals surface area contributed by atoms with Crippen molar-refractivity contribution in [1.29, 1.82) is 0 Å². The van der Waals surface area contributed by atoms with Crippen LogP contribution in [0, 0.1) is 23.2 Å². The zero-order chi connectivity index (χ0) is 33.6. The molecule has 2 aliphatic rings. The molecule has 2 aliphatic carbocycles. The maximum atomic E-state index is 14.1. The summed E-state index contributed by atoms with van der Waals surface area (Å²) in [5.74, 6) is -4.58. The summed E-state index contributed by atoms with van der Waals surface area (Å²) >= 11 is 0. The van der Waals surface area contributed by atoms with Gasteiger partial charge in [0.15, 0.2) is 5.78 Å². The van der Waals surface area contributed by atoms with E-state index >= 15 is 0 Å². The highest BCUT2D eigenvalue weighted by atomic mass is 16.6. The van der Waals surface area contributed by atoms with Gasteiger partial charge in [0.2, 0.25) is 0 Å². The predicted molar refractivity (Wildman–Crippen MR) is 174 cm³/mol. The first-order valence-corrected chi connectivity index (χ1v) is 15.7. The number of benzene rings is 2. The molecule has 0 saturated heterocycles. The van der Waals surface area contributed by atoms with Gasteiger partial charge in [-0.3, -0.25) is 9.59 Å². The Hall–Kier alpha value is -4.30. The van der Waals surface area contributed by atoms with E-state index in [4.69, 9.17) is 14.2 Å². The van der Waals surface area contributed by atoms with E-state index in [9.17, 15) is 24.3 Å². The molecule has 8 heteroatoms. The third kappa shape index (κ3) is 7.91. The second-order valence-electron chi connectivity index (χ2n) is 13.1. The van der Waals surface area contributed by atoms with Gasteiger partial charge in [0, 0.05) is 24.3 Å². The van der Waals surface area contributed by atoms with Crippen LogP contribution in [0.25, 0.3) is 6.08 Å². The Morgan fingerprint density at radius 1 is 0.957 bits per heavy atom. The fourth-order valence-electron chi connectivity index (χ4n) is 6.53. The number of carbonyl (C=O) groups is 4. The molecule has 0 bridgehead atoms. The van der Waals surface area contributed by atoms with Gasteiger partial charge in [0.25, 0.3) is 0 Å². The van der Waals surface area contributed by atoms with Crippen LogP contribution < -0.4 is 0 Å². The lowest BCUT2D eigenvalue weighted by molar-refractivity contribution is -0.164. The van der Waals surface area contributed by atoms with Crippen LogP contribution in [0.5, 0.6) is 0 Å². The van der Waals surface area contributed by atoms with Crippen LogP contribution in [0.15, 0.2) is 91.0 Å². The SMILES string of the molecule is C=C1CCC(OC(=O)C=Cc2ccccc2)C(C)(C)C=CC(C)C(=O)C2(O)CC(C)C(OC(=O)c3ccccc3)C2C1OC(C)=O. The Kier molecular flexibility index (Phi) is 10.8. The Balaban J connectivity index is 1.70. The number of fused-ring (bicyclic) bond motifs is 1. The lowest BCUT2D eigenvalue weighted by Crippen LogP contribution is -2.54. The highest BCUT2D eigenvalue weighted by Gasteiger charge is 2.61. The van der Waals surface area contributed by atoms with Crippen LogP contribution in [-0.2, 0) is 28.6 Å². The van der Waals surface area contributed by atoms with Gasteiger partial charge >= 0.3 is 17.9 Å². The highest BCUT2D eigenvalue weighted by Crippen LogP contribution is 2.48. The molecule has 2 aromatic rings. The molecule has 0 radical (unpaired) electrons. The lowest BCUT2D eigenvalue weighted by Gasteiger charge is -2.39. The quantitative estimate of drug-likeness (QED) is 0.172. The van der Waals surface area contributed by atoms with Crippen LogP contribution in [0.3, 0.4) is 0 Å². The molecular weight excluding hydrogens is 584 g/mol. The van der Waals surface area contributed by atoms with Crippen LogP contribution in [-0.4, -0.2) is 52.7 Å². The third-order valence-electron chi connectivity index (χ3n) is 9.06. The van der Waals surface area contributed by atoms with Crippen LogP contribution >= 0.6 is 0 Å². The lowest BCUT2D eigenvalue weighted by atomic mass is 9.73. The van der Waals surface area contributed by atoms with E-state index in [1.807, 2.05) is 50.3 Å². The van der Waals surface area contributed by atoms with Crippen molar-refractivity contribution in [2.45, 2.75) is 77.8 Å². The second-order valence-corrected chi connectivity index (χ2v) is 13.1. The zero-order valence-corrected chi connectivity index (χ0v) is 27.2. The highest BCUT2D eigenvalue weighted by molar-refractivity contribution is 5.92. The predicted octanol–water partition coefficient (Wildman–Crippen LogP) is 6.29. The smallest absolute Gasteiger partial charge is 0.338 e. The van der Waals surface area contributed by atoms with E-state index in [0.29, 0.717) is 17.6 Å². The number of hydrogen-bond donors (Lipinski definition) is 1. The van der Waals surface area contributed by atoms with Crippen LogP contribution in [0.1, 0.15) is 69.8 Å². The third-order valence-corrected chi connectivity index (χ3v) is 9.06. The van der Waals surface area contributed by atoms with Gasteiger partial charge < -0.3 is 19.3 Å². The Labute approximate surface area is 271 Å². The van der Waals surface area contributed by atoms with Gasteiger partial charge in [0.05, 0.1) is 11.5 Å². The van der Waals surface area contributed by atoms with Gasteiger partial charge in [0.1, 0.15) is 23.9 Å². The van der Waals surface area contributed by atoms with E-state index in [2.05, 4.69) is 6.58 Å². The topological polar surface area (TPSA) is 116 Å². The van der Waals surface area contributed by atoms with E-state index in [0.717, 1.165) is 5.56 Å². The molecule has 2 aromatic carbocycles. The number of carbonyl (C=O) groups excluding carboxylic acids is 4. The summed E-state index contributed by atoms with van der Waals surface area (Å²) in [7, 11) is 0. The molecule has 244 valence electrons. The Morgan fingerprint density at radius 2 is 1.59 bits per heavy atom. The number of hydrogen-bond acceptors (Lipinski definition) is 8. The van der Waals surface area contributed by atoms with Crippen molar-refractivity contribution >= 4 is 29.8 Å². The maximum Gasteiger partial charge on any atom is 0.338 e. The summed E-state index contributed by atoms with van der Waals surface area (Å²) in [6.45, 7) is 12.8. The molecule has 4 rings (SSSR count). The molecular formula is C38H44O8. The minimum atomic E-state index is -1.98. The van der Waals surface area contributed by atoms with Gasteiger partial charge in [-0.25, -0.2) is 9.59 Å². The first-order valence-electron chi connectivity index (χ1n) is 15.7. The molecule has 8 nitrogen and oxygen atoms in total. The van der Waals surface area contributed by atoms with E-state index < -0.39 is 70.8 Å². The van der Waals surface area contributed by atoms with E-state index in [1.54, 1.807) is 56.3 Å². The first kappa shape index (κ1) is 34.6. The van der Waals surface area contributed by atoms with Crippen molar-refractivity contribution in [3.63, 3.8) is 0 Å². The summed E-state index contributed by atoms with van der Waals surface area (Å²) in [6.07, 6.45) is 4.40. The van der Waals surface area contributed by atoms with Crippen LogP contribution in [0.4, 0.5) is 0 Å². The number of rotatable bonds is 6. The van der Waals surface area contributed by atoms with Crippen molar-refractivity contribution in [3.05, 3.63) is 102 Å². The van der Waals surface area contributed by atoms with Gasteiger partial charge in [-0.2, -0.15) is 0 Å².